The van der Waals surface area contributed by atoms with Crippen LogP contribution in [0.5, 0.6) is 5.75 Å². The number of methoxy groups -OCH3 is 1. The van der Waals surface area contributed by atoms with Gasteiger partial charge in [0.1, 0.15) is 5.75 Å². The number of amides is 2. The van der Waals surface area contributed by atoms with Crippen molar-refractivity contribution in [3.8, 4) is 5.75 Å². The van der Waals surface area contributed by atoms with Gasteiger partial charge in [0.05, 0.1) is 24.2 Å². The zero-order valence-corrected chi connectivity index (χ0v) is 13.3. The van der Waals surface area contributed by atoms with E-state index in [0.29, 0.717) is 22.8 Å². The Morgan fingerprint density at radius 2 is 1.43 bits per heavy atom. The predicted molar refractivity (Wildman–Crippen MR) is 90.6 cm³/mol. The van der Waals surface area contributed by atoms with Crippen LogP contribution in [-0.4, -0.2) is 18.9 Å². The van der Waals surface area contributed by atoms with Crippen molar-refractivity contribution in [2.24, 2.45) is 0 Å². The molecule has 6 heteroatoms. The lowest BCUT2D eigenvalue weighted by Crippen LogP contribution is -2.29. The summed E-state index contributed by atoms with van der Waals surface area (Å²) in [5, 5.41) is 5.05. The summed E-state index contributed by atoms with van der Waals surface area (Å²) in [7, 11) is 1.49. The summed E-state index contributed by atoms with van der Waals surface area (Å²) in [6, 6.07) is 10.5. The lowest BCUT2D eigenvalue weighted by atomic mass is 10.2. The number of benzene rings is 2. The molecule has 120 valence electrons. The molecule has 0 bridgehead atoms. The number of rotatable bonds is 3. The predicted octanol–water partition coefficient (Wildman–Crippen LogP) is 2.47. The molecular formula is C17H19N3O3. The first-order valence-electron chi connectivity index (χ1n) is 7.04. The van der Waals surface area contributed by atoms with E-state index in [1.54, 1.807) is 24.3 Å². The number of hydrogen-bond acceptors (Lipinski definition) is 4. The van der Waals surface area contributed by atoms with Gasteiger partial charge in [-0.15, -0.1) is 0 Å². The van der Waals surface area contributed by atoms with Crippen molar-refractivity contribution in [1.82, 2.24) is 0 Å². The van der Waals surface area contributed by atoms with Crippen LogP contribution in [0.25, 0.3) is 0 Å². The standard InChI is InChI=1S/C17H19N3O3/c1-10-4-6-12(18)13(8-10)19-16(21)17(22)20-14-9-11(2)5-7-15(14)23-3/h4-9H,18H2,1-3H3,(H,19,21)(H,20,22). The molecule has 0 aliphatic carbocycles. The van der Waals surface area contributed by atoms with Crippen molar-refractivity contribution in [3.05, 3.63) is 47.5 Å². The summed E-state index contributed by atoms with van der Waals surface area (Å²) in [5.41, 5.74) is 8.88. The number of nitrogens with one attached hydrogen (secondary N) is 2. The second-order valence-corrected chi connectivity index (χ2v) is 5.20. The fraction of sp³-hybridized carbons (Fsp3) is 0.176. The van der Waals surface area contributed by atoms with Crippen LogP contribution in [0.2, 0.25) is 0 Å². The van der Waals surface area contributed by atoms with Gasteiger partial charge in [0.25, 0.3) is 0 Å². The van der Waals surface area contributed by atoms with E-state index in [1.165, 1.54) is 7.11 Å². The number of anilines is 3. The Labute approximate surface area is 134 Å². The monoisotopic (exact) mass is 313 g/mol. The van der Waals surface area contributed by atoms with Gasteiger partial charge >= 0.3 is 11.8 Å². The van der Waals surface area contributed by atoms with Gasteiger partial charge in [-0.3, -0.25) is 9.59 Å². The molecule has 0 radical (unpaired) electrons. The zero-order valence-electron chi connectivity index (χ0n) is 13.3. The SMILES string of the molecule is COc1ccc(C)cc1NC(=O)C(=O)Nc1cc(C)ccc1N. The van der Waals surface area contributed by atoms with Crippen LogP contribution in [0.15, 0.2) is 36.4 Å². The Bertz CT molecular complexity index is 757. The van der Waals surface area contributed by atoms with Crippen LogP contribution in [0.1, 0.15) is 11.1 Å². The molecule has 2 rings (SSSR count). The minimum absolute atomic E-state index is 0.393. The third-order valence-electron chi connectivity index (χ3n) is 3.27. The molecule has 0 spiro atoms. The Kier molecular flexibility index (Phi) is 4.85. The third-order valence-corrected chi connectivity index (χ3v) is 3.27. The molecule has 0 aliphatic heterocycles. The first-order valence-corrected chi connectivity index (χ1v) is 7.04. The molecule has 0 atom stereocenters. The first kappa shape index (κ1) is 16.4. The van der Waals surface area contributed by atoms with Gasteiger partial charge < -0.3 is 21.1 Å². The van der Waals surface area contributed by atoms with Gasteiger partial charge in [0.2, 0.25) is 0 Å². The van der Waals surface area contributed by atoms with E-state index in [1.807, 2.05) is 26.0 Å². The number of carbonyl (C=O) groups is 2. The quantitative estimate of drug-likeness (QED) is 0.599. The molecule has 0 aromatic heterocycles. The molecule has 0 saturated heterocycles. The number of hydrogen-bond donors (Lipinski definition) is 3. The van der Waals surface area contributed by atoms with Gasteiger partial charge in [0.15, 0.2) is 0 Å². The highest BCUT2D eigenvalue weighted by molar-refractivity contribution is 6.44. The van der Waals surface area contributed by atoms with Crippen LogP contribution >= 0.6 is 0 Å². The van der Waals surface area contributed by atoms with Gasteiger partial charge in [-0.05, 0) is 49.2 Å². The molecule has 0 unspecified atom stereocenters. The molecule has 2 amide bonds. The molecule has 2 aromatic rings. The van der Waals surface area contributed by atoms with Crippen molar-refractivity contribution in [2.45, 2.75) is 13.8 Å². The Morgan fingerprint density at radius 3 is 2.04 bits per heavy atom. The molecule has 4 N–H and O–H groups in total. The van der Waals surface area contributed by atoms with Gasteiger partial charge in [-0.25, -0.2) is 0 Å². The summed E-state index contributed by atoms with van der Waals surface area (Å²) in [6.45, 7) is 3.75. The lowest BCUT2D eigenvalue weighted by molar-refractivity contribution is -0.133. The van der Waals surface area contributed by atoms with Crippen LogP contribution in [-0.2, 0) is 9.59 Å². The Hall–Kier alpha value is -3.02. The van der Waals surface area contributed by atoms with Crippen molar-refractivity contribution in [3.63, 3.8) is 0 Å². The summed E-state index contributed by atoms with van der Waals surface area (Å²) >= 11 is 0. The maximum atomic E-state index is 12.1. The summed E-state index contributed by atoms with van der Waals surface area (Å²) in [5.74, 6) is -1.12. The Morgan fingerprint density at radius 1 is 0.913 bits per heavy atom. The number of ether oxygens (including phenoxy) is 1. The molecule has 23 heavy (non-hydrogen) atoms. The highest BCUT2D eigenvalue weighted by Gasteiger charge is 2.17. The van der Waals surface area contributed by atoms with E-state index in [9.17, 15) is 9.59 Å². The van der Waals surface area contributed by atoms with E-state index in [-0.39, 0.29) is 0 Å². The van der Waals surface area contributed by atoms with Gasteiger partial charge in [-0.2, -0.15) is 0 Å². The van der Waals surface area contributed by atoms with E-state index < -0.39 is 11.8 Å². The van der Waals surface area contributed by atoms with Gasteiger partial charge in [-0.1, -0.05) is 12.1 Å². The maximum absolute atomic E-state index is 12.1. The topological polar surface area (TPSA) is 93.4 Å². The number of nitrogens with two attached hydrogens (primary N) is 1. The van der Waals surface area contributed by atoms with E-state index >= 15 is 0 Å². The fourth-order valence-corrected chi connectivity index (χ4v) is 2.06. The average Bonchev–Trinajstić information content (AvgIpc) is 2.51. The van der Waals surface area contributed by atoms with Crippen molar-refractivity contribution in [1.29, 1.82) is 0 Å². The number of aryl methyl sites for hydroxylation is 2. The minimum atomic E-state index is -0.800. The highest BCUT2D eigenvalue weighted by Crippen LogP contribution is 2.25. The molecule has 0 aliphatic rings. The maximum Gasteiger partial charge on any atom is 0.314 e. The van der Waals surface area contributed by atoms with E-state index in [2.05, 4.69) is 10.6 Å². The second-order valence-electron chi connectivity index (χ2n) is 5.20. The minimum Gasteiger partial charge on any atom is -0.495 e. The summed E-state index contributed by atoms with van der Waals surface area (Å²) in [6.07, 6.45) is 0. The number of nitrogen functional groups attached to an aromatic ring is 1. The van der Waals surface area contributed by atoms with Crippen LogP contribution in [0.4, 0.5) is 17.1 Å². The molecule has 0 fully saturated rings. The average molecular weight is 313 g/mol. The molecule has 0 heterocycles. The molecule has 6 nitrogen and oxygen atoms in total. The smallest absolute Gasteiger partial charge is 0.314 e. The second kappa shape index (κ2) is 6.83. The Balaban J connectivity index is 2.13. The summed E-state index contributed by atoms with van der Waals surface area (Å²) in [4.78, 5) is 24.1. The molecular weight excluding hydrogens is 294 g/mol. The van der Waals surface area contributed by atoms with Crippen LogP contribution in [0.3, 0.4) is 0 Å². The normalized spacial score (nSPS) is 10.0. The van der Waals surface area contributed by atoms with Gasteiger partial charge in [0, 0.05) is 0 Å². The van der Waals surface area contributed by atoms with Crippen molar-refractivity contribution < 1.29 is 14.3 Å². The largest absolute Gasteiger partial charge is 0.495 e. The lowest BCUT2D eigenvalue weighted by Gasteiger charge is -2.12. The first-order chi connectivity index (χ1) is 10.9. The highest BCUT2D eigenvalue weighted by atomic mass is 16.5. The number of carbonyl (C=O) groups excluding carboxylic acids is 2. The van der Waals surface area contributed by atoms with E-state index in [0.717, 1.165) is 11.1 Å². The molecule has 2 aromatic carbocycles. The van der Waals surface area contributed by atoms with Crippen LogP contribution < -0.4 is 21.1 Å². The summed E-state index contributed by atoms with van der Waals surface area (Å²) < 4.78 is 5.17. The molecule has 0 saturated carbocycles. The van der Waals surface area contributed by atoms with Crippen molar-refractivity contribution in [2.75, 3.05) is 23.5 Å². The third kappa shape index (κ3) is 4.00. The van der Waals surface area contributed by atoms with Crippen molar-refractivity contribution >= 4 is 28.9 Å². The fourth-order valence-electron chi connectivity index (χ4n) is 2.06. The zero-order chi connectivity index (χ0) is 17.0. The van der Waals surface area contributed by atoms with Crippen LogP contribution in [0, 0.1) is 13.8 Å². The van der Waals surface area contributed by atoms with E-state index in [4.69, 9.17) is 10.5 Å².